The van der Waals surface area contributed by atoms with Gasteiger partial charge in [0.05, 0.1) is 11.6 Å². The van der Waals surface area contributed by atoms with Crippen LogP contribution >= 0.6 is 23.2 Å². The van der Waals surface area contributed by atoms with Crippen LogP contribution in [-0.4, -0.2) is 55.5 Å². The lowest BCUT2D eigenvalue weighted by Crippen LogP contribution is -2.51. The van der Waals surface area contributed by atoms with E-state index in [9.17, 15) is 13.5 Å². The van der Waals surface area contributed by atoms with E-state index in [1.807, 2.05) is 14.0 Å². The Morgan fingerprint density at radius 3 is 2.52 bits per heavy atom. The summed E-state index contributed by atoms with van der Waals surface area (Å²) in [7, 11) is -1.73. The Hall–Kier alpha value is -0.370. The Bertz CT molecular complexity index is 637. The van der Waals surface area contributed by atoms with Gasteiger partial charge < -0.3 is 10.0 Å². The molecule has 1 heterocycles. The van der Waals surface area contributed by atoms with Gasteiger partial charge in [-0.15, -0.1) is 0 Å². The first-order valence-electron chi connectivity index (χ1n) is 6.56. The van der Waals surface area contributed by atoms with Crippen LogP contribution in [0.1, 0.15) is 12.5 Å². The zero-order valence-corrected chi connectivity index (χ0v) is 14.2. The molecule has 1 atom stereocenters. The monoisotopic (exact) mass is 352 g/mol. The number of sulfonamides is 1. The molecule has 0 bridgehead atoms. The summed E-state index contributed by atoms with van der Waals surface area (Å²) in [6.45, 7) is 3.13. The molecule has 5 nitrogen and oxygen atoms in total. The molecule has 1 N–H and O–H groups in total. The zero-order valence-electron chi connectivity index (χ0n) is 11.9. The molecule has 0 amide bonds. The van der Waals surface area contributed by atoms with Gasteiger partial charge in [0.15, 0.2) is 0 Å². The quantitative estimate of drug-likeness (QED) is 0.901. The van der Waals surface area contributed by atoms with Crippen molar-refractivity contribution < 1.29 is 13.5 Å². The molecule has 1 fully saturated rings. The Morgan fingerprint density at radius 1 is 1.29 bits per heavy atom. The van der Waals surface area contributed by atoms with Gasteiger partial charge in [-0.2, -0.15) is 4.31 Å². The molecule has 0 radical (unpaired) electrons. The lowest BCUT2D eigenvalue weighted by Gasteiger charge is -2.37. The molecule has 1 aliphatic rings. The smallest absolute Gasteiger partial charge is 0.244 e. The fourth-order valence-electron chi connectivity index (χ4n) is 2.26. The molecule has 118 valence electrons. The summed E-state index contributed by atoms with van der Waals surface area (Å²) in [6, 6.07) is 2.85. The summed E-state index contributed by atoms with van der Waals surface area (Å²) < 4.78 is 26.9. The Labute approximate surface area is 135 Å². The first kappa shape index (κ1) is 17.0. The van der Waals surface area contributed by atoms with Crippen molar-refractivity contribution in [1.82, 2.24) is 9.21 Å². The molecule has 1 aliphatic heterocycles. The number of aliphatic hydroxyl groups is 1. The van der Waals surface area contributed by atoms with Crippen molar-refractivity contribution in [2.24, 2.45) is 0 Å². The number of rotatable bonds is 3. The predicted octanol–water partition coefficient (Wildman–Crippen LogP) is 1.81. The first-order valence-corrected chi connectivity index (χ1v) is 8.76. The molecule has 1 aromatic rings. The number of hydrogen-bond acceptors (Lipinski definition) is 4. The van der Waals surface area contributed by atoms with Crippen molar-refractivity contribution in [2.45, 2.75) is 24.5 Å². The third kappa shape index (κ3) is 3.36. The molecule has 0 spiro atoms. The van der Waals surface area contributed by atoms with Crippen molar-refractivity contribution in [3.05, 3.63) is 27.7 Å². The van der Waals surface area contributed by atoms with Crippen LogP contribution in [0.2, 0.25) is 10.0 Å². The van der Waals surface area contributed by atoms with Crippen molar-refractivity contribution >= 4 is 33.2 Å². The van der Waals surface area contributed by atoms with Crippen LogP contribution < -0.4 is 0 Å². The molecule has 0 aromatic heterocycles. The Kier molecular flexibility index (Phi) is 5.18. The van der Waals surface area contributed by atoms with Crippen LogP contribution in [0, 0.1) is 0 Å². The molecular formula is C13H18Cl2N2O3S. The molecule has 0 aliphatic carbocycles. The highest BCUT2D eigenvalue weighted by Crippen LogP contribution is 2.31. The highest BCUT2D eigenvalue weighted by Gasteiger charge is 2.32. The van der Waals surface area contributed by atoms with E-state index in [-0.39, 0.29) is 27.6 Å². The standard InChI is InChI=1S/C13H18Cl2N2O3S/c1-9-7-17(4-3-16(9)2)21(19,20)13-5-10(8-18)11(14)6-12(13)15/h5-6,9,18H,3-4,7-8H2,1-2H3. The van der Waals surface area contributed by atoms with E-state index in [2.05, 4.69) is 4.90 Å². The first-order chi connectivity index (χ1) is 9.77. The number of likely N-dealkylation sites (N-methyl/N-ethyl adjacent to an activating group) is 1. The van der Waals surface area contributed by atoms with Crippen LogP contribution in [0.25, 0.3) is 0 Å². The van der Waals surface area contributed by atoms with Gasteiger partial charge in [0.25, 0.3) is 0 Å². The normalized spacial score (nSPS) is 21.7. The van der Waals surface area contributed by atoms with Gasteiger partial charge in [-0.25, -0.2) is 8.42 Å². The number of piperazine rings is 1. The Balaban J connectivity index is 2.40. The second kappa shape index (κ2) is 6.40. The largest absolute Gasteiger partial charge is 0.392 e. The summed E-state index contributed by atoms with van der Waals surface area (Å²) in [5.41, 5.74) is 0.349. The van der Waals surface area contributed by atoms with Gasteiger partial charge in [-0.3, -0.25) is 0 Å². The maximum absolute atomic E-state index is 12.7. The van der Waals surface area contributed by atoms with Gasteiger partial charge in [0.2, 0.25) is 10.0 Å². The van der Waals surface area contributed by atoms with Gasteiger partial charge in [-0.1, -0.05) is 23.2 Å². The van der Waals surface area contributed by atoms with E-state index in [0.29, 0.717) is 25.2 Å². The van der Waals surface area contributed by atoms with E-state index in [4.69, 9.17) is 23.2 Å². The van der Waals surface area contributed by atoms with Crippen LogP contribution in [-0.2, 0) is 16.6 Å². The zero-order chi connectivity index (χ0) is 15.8. The second-order valence-corrected chi connectivity index (χ2v) is 7.95. The molecule has 1 saturated heterocycles. The van der Waals surface area contributed by atoms with Gasteiger partial charge >= 0.3 is 0 Å². The molecular weight excluding hydrogens is 335 g/mol. The topological polar surface area (TPSA) is 60.9 Å². The lowest BCUT2D eigenvalue weighted by atomic mass is 10.2. The minimum absolute atomic E-state index is 0.00521. The third-order valence-electron chi connectivity index (χ3n) is 3.81. The van der Waals surface area contributed by atoms with Crippen LogP contribution in [0.4, 0.5) is 0 Å². The van der Waals surface area contributed by atoms with Crippen molar-refractivity contribution in [1.29, 1.82) is 0 Å². The maximum Gasteiger partial charge on any atom is 0.244 e. The summed E-state index contributed by atoms with van der Waals surface area (Å²) >= 11 is 12.0. The van der Waals surface area contributed by atoms with E-state index in [1.54, 1.807) is 0 Å². The predicted molar refractivity (Wildman–Crippen MR) is 83.2 cm³/mol. The number of hydrogen-bond donors (Lipinski definition) is 1. The van der Waals surface area contributed by atoms with E-state index in [1.165, 1.54) is 16.4 Å². The van der Waals surface area contributed by atoms with E-state index >= 15 is 0 Å². The van der Waals surface area contributed by atoms with Crippen LogP contribution in [0.5, 0.6) is 0 Å². The van der Waals surface area contributed by atoms with Crippen LogP contribution in [0.15, 0.2) is 17.0 Å². The molecule has 1 unspecified atom stereocenters. The van der Waals surface area contributed by atoms with Gasteiger partial charge in [-0.05, 0) is 31.7 Å². The molecule has 8 heteroatoms. The van der Waals surface area contributed by atoms with Crippen LogP contribution in [0.3, 0.4) is 0 Å². The minimum Gasteiger partial charge on any atom is -0.392 e. The fourth-order valence-corrected chi connectivity index (χ4v) is 4.61. The number of aliphatic hydroxyl groups excluding tert-OH is 1. The SMILES string of the molecule is CC1CN(S(=O)(=O)c2cc(CO)c(Cl)cc2Cl)CCN1C. The minimum atomic E-state index is -3.69. The second-order valence-electron chi connectivity index (χ2n) is 5.22. The van der Waals surface area contributed by atoms with Crippen molar-refractivity contribution in [3.8, 4) is 0 Å². The van der Waals surface area contributed by atoms with Crippen molar-refractivity contribution in [3.63, 3.8) is 0 Å². The van der Waals surface area contributed by atoms with Crippen molar-refractivity contribution in [2.75, 3.05) is 26.7 Å². The summed E-state index contributed by atoms with van der Waals surface area (Å²) in [5, 5.41) is 9.57. The average molecular weight is 353 g/mol. The van der Waals surface area contributed by atoms with Gasteiger partial charge in [0, 0.05) is 30.7 Å². The molecule has 21 heavy (non-hydrogen) atoms. The average Bonchev–Trinajstić information content (AvgIpc) is 2.41. The summed E-state index contributed by atoms with van der Waals surface area (Å²) in [4.78, 5) is 2.10. The molecule has 1 aromatic carbocycles. The fraction of sp³-hybridized carbons (Fsp3) is 0.538. The number of benzene rings is 1. The van der Waals surface area contributed by atoms with E-state index in [0.717, 1.165) is 0 Å². The summed E-state index contributed by atoms with van der Waals surface area (Å²) in [5.74, 6) is 0. The molecule has 2 rings (SSSR count). The van der Waals surface area contributed by atoms with E-state index < -0.39 is 10.0 Å². The highest BCUT2D eigenvalue weighted by molar-refractivity contribution is 7.89. The lowest BCUT2D eigenvalue weighted by molar-refractivity contribution is 0.159. The maximum atomic E-state index is 12.7. The third-order valence-corrected chi connectivity index (χ3v) is 6.49. The summed E-state index contributed by atoms with van der Waals surface area (Å²) in [6.07, 6.45) is 0. The number of nitrogens with zero attached hydrogens (tertiary/aromatic N) is 2. The number of halogens is 2. The Morgan fingerprint density at radius 2 is 1.95 bits per heavy atom. The molecule has 0 saturated carbocycles. The highest BCUT2D eigenvalue weighted by atomic mass is 35.5. The van der Waals surface area contributed by atoms with Gasteiger partial charge in [0.1, 0.15) is 4.90 Å².